The minimum Gasteiger partial charge on any atom is -0.393 e. The molecular weight excluding hydrogens is 282 g/mol. The quantitative estimate of drug-likeness (QED) is 0.545. The third-order valence-corrected chi connectivity index (χ3v) is 5.23. The zero-order valence-corrected chi connectivity index (χ0v) is 14.6. The molecule has 1 aliphatic rings. The highest BCUT2D eigenvalue weighted by Gasteiger charge is 2.50. The maximum atomic E-state index is 10.6. The van der Waals surface area contributed by atoms with Gasteiger partial charge in [0.1, 0.15) is 0 Å². The van der Waals surface area contributed by atoms with Gasteiger partial charge in [0.25, 0.3) is 0 Å². The first-order chi connectivity index (χ1) is 10.1. The second-order valence-corrected chi connectivity index (χ2v) is 7.42. The van der Waals surface area contributed by atoms with Crippen molar-refractivity contribution in [2.45, 2.75) is 95.7 Å². The second-order valence-electron chi connectivity index (χ2n) is 7.42. The van der Waals surface area contributed by atoms with Gasteiger partial charge in [-0.2, -0.15) is 0 Å². The van der Waals surface area contributed by atoms with Crippen LogP contribution in [0.4, 0.5) is 0 Å². The van der Waals surface area contributed by atoms with E-state index in [0.717, 1.165) is 6.42 Å². The van der Waals surface area contributed by atoms with E-state index in [1.165, 1.54) is 0 Å². The van der Waals surface area contributed by atoms with Crippen molar-refractivity contribution in [3.63, 3.8) is 0 Å². The summed E-state index contributed by atoms with van der Waals surface area (Å²) in [6.07, 6.45) is 2.94. The highest BCUT2D eigenvalue weighted by molar-refractivity contribution is 5.05. The Labute approximate surface area is 134 Å². The molecule has 2 unspecified atom stereocenters. The lowest BCUT2D eigenvalue weighted by Gasteiger charge is -2.50. The molecule has 0 saturated heterocycles. The summed E-state index contributed by atoms with van der Waals surface area (Å²) in [5.41, 5.74) is 4.64. The average Bonchev–Trinajstić information content (AvgIpc) is 2.39. The average molecular weight is 317 g/mol. The number of aliphatic hydroxyl groups is 3. The van der Waals surface area contributed by atoms with Gasteiger partial charge in [-0.15, -0.1) is 0 Å². The number of hydrogen-bond donors (Lipinski definition) is 4. The van der Waals surface area contributed by atoms with E-state index in [-0.39, 0.29) is 12.0 Å². The molecule has 0 aliphatic heterocycles. The van der Waals surface area contributed by atoms with Crippen molar-refractivity contribution >= 4 is 0 Å². The van der Waals surface area contributed by atoms with Gasteiger partial charge in [-0.05, 0) is 59.8 Å². The molecule has 5 N–H and O–H groups in total. The van der Waals surface area contributed by atoms with Gasteiger partial charge in [0, 0.05) is 18.1 Å². The van der Waals surface area contributed by atoms with Gasteiger partial charge >= 0.3 is 0 Å². The molecule has 0 bridgehead atoms. The Hall–Kier alpha value is -0.200. The third-order valence-electron chi connectivity index (χ3n) is 5.23. The summed E-state index contributed by atoms with van der Waals surface area (Å²) < 4.78 is 5.44. The molecule has 1 aliphatic carbocycles. The summed E-state index contributed by atoms with van der Waals surface area (Å²) in [5, 5.41) is 30.8. The number of rotatable bonds is 8. The lowest BCUT2D eigenvalue weighted by atomic mass is 9.63. The lowest BCUT2D eigenvalue weighted by Crippen LogP contribution is -2.64. The Morgan fingerprint density at radius 2 is 2.00 bits per heavy atom. The van der Waals surface area contributed by atoms with Crippen LogP contribution in [0.5, 0.6) is 0 Å². The van der Waals surface area contributed by atoms with Crippen molar-refractivity contribution in [1.29, 1.82) is 0 Å². The van der Waals surface area contributed by atoms with Gasteiger partial charge in [0.2, 0.25) is 0 Å². The molecular formula is C17H35NO4. The van der Waals surface area contributed by atoms with E-state index in [1.807, 2.05) is 27.7 Å². The van der Waals surface area contributed by atoms with Crippen LogP contribution < -0.4 is 5.73 Å². The van der Waals surface area contributed by atoms with E-state index in [0.29, 0.717) is 38.7 Å². The van der Waals surface area contributed by atoms with Gasteiger partial charge in [-0.25, -0.2) is 0 Å². The van der Waals surface area contributed by atoms with Crippen molar-refractivity contribution in [3.05, 3.63) is 0 Å². The third kappa shape index (κ3) is 5.17. The van der Waals surface area contributed by atoms with E-state index < -0.39 is 23.3 Å². The summed E-state index contributed by atoms with van der Waals surface area (Å²) in [5.74, 6) is -0.166. The molecule has 22 heavy (non-hydrogen) atoms. The van der Waals surface area contributed by atoms with E-state index in [2.05, 4.69) is 0 Å². The van der Waals surface area contributed by atoms with Crippen LogP contribution in [0.2, 0.25) is 0 Å². The standard InChI is InChI=1S/C17H35NO4/c1-5-22-12(2)11-13(19)7-6-8-14-16(3,21)10-9-15(20)17(14,4)18/h12-15,19-21H,5-11,18H2,1-4H3/t12?,13?,14-,15+,16+,17-/m0/s1. The van der Waals surface area contributed by atoms with E-state index in [9.17, 15) is 15.3 Å². The molecule has 0 aromatic carbocycles. The fourth-order valence-electron chi connectivity index (χ4n) is 3.85. The van der Waals surface area contributed by atoms with Crippen molar-refractivity contribution in [1.82, 2.24) is 0 Å². The van der Waals surface area contributed by atoms with Gasteiger partial charge in [0.05, 0.1) is 23.9 Å². The second kappa shape index (κ2) is 8.06. The zero-order valence-electron chi connectivity index (χ0n) is 14.6. The van der Waals surface area contributed by atoms with E-state index in [1.54, 1.807) is 0 Å². The number of hydrogen-bond acceptors (Lipinski definition) is 5. The van der Waals surface area contributed by atoms with E-state index in [4.69, 9.17) is 10.5 Å². The maximum absolute atomic E-state index is 10.6. The molecule has 0 heterocycles. The molecule has 132 valence electrons. The van der Waals surface area contributed by atoms with Crippen LogP contribution in [0.25, 0.3) is 0 Å². The minimum atomic E-state index is -0.855. The molecule has 6 atom stereocenters. The Bertz CT molecular complexity index is 333. The summed E-state index contributed by atoms with van der Waals surface area (Å²) in [4.78, 5) is 0. The highest BCUT2D eigenvalue weighted by atomic mass is 16.5. The maximum Gasteiger partial charge on any atom is 0.0721 e. The molecule has 0 aromatic rings. The van der Waals surface area contributed by atoms with Crippen LogP contribution in [0.3, 0.4) is 0 Å². The zero-order chi connectivity index (χ0) is 17.0. The van der Waals surface area contributed by atoms with Crippen LogP contribution >= 0.6 is 0 Å². The predicted molar refractivity (Wildman–Crippen MR) is 87.5 cm³/mol. The normalized spacial score (nSPS) is 38.7. The first-order valence-electron chi connectivity index (χ1n) is 8.60. The van der Waals surface area contributed by atoms with Crippen molar-refractivity contribution in [3.8, 4) is 0 Å². The lowest BCUT2D eigenvalue weighted by molar-refractivity contribution is -0.115. The molecule has 1 fully saturated rings. The van der Waals surface area contributed by atoms with Crippen molar-refractivity contribution in [2.24, 2.45) is 11.7 Å². The Morgan fingerprint density at radius 1 is 1.36 bits per heavy atom. The van der Waals surface area contributed by atoms with Crippen LogP contribution in [0, 0.1) is 5.92 Å². The summed E-state index contributed by atoms with van der Waals surface area (Å²) in [6.45, 7) is 8.20. The highest BCUT2D eigenvalue weighted by Crippen LogP contribution is 2.42. The fraction of sp³-hybridized carbons (Fsp3) is 1.00. The Balaban J connectivity index is 2.47. The largest absolute Gasteiger partial charge is 0.393 e. The summed E-state index contributed by atoms with van der Waals surface area (Å²) in [7, 11) is 0. The Morgan fingerprint density at radius 3 is 2.59 bits per heavy atom. The first kappa shape index (κ1) is 19.8. The van der Waals surface area contributed by atoms with Crippen LogP contribution in [-0.2, 0) is 4.74 Å². The molecule has 0 spiro atoms. The van der Waals surface area contributed by atoms with Crippen LogP contribution in [-0.4, -0.2) is 51.4 Å². The molecule has 1 saturated carbocycles. The van der Waals surface area contributed by atoms with Crippen molar-refractivity contribution < 1.29 is 20.1 Å². The van der Waals surface area contributed by atoms with Gasteiger partial charge < -0.3 is 25.8 Å². The predicted octanol–water partition coefficient (Wildman–Crippen LogP) is 1.57. The molecule has 0 amide bonds. The molecule has 5 heteroatoms. The SMILES string of the molecule is CCOC(C)CC(O)CCC[C@@H]1[C@](C)(N)[C@H](O)CC[C@@]1(C)O. The molecule has 5 nitrogen and oxygen atoms in total. The monoisotopic (exact) mass is 317 g/mol. The van der Waals surface area contributed by atoms with Crippen LogP contribution in [0.15, 0.2) is 0 Å². The summed E-state index contributed by atoms with van der Waals surface area (Å²) >= 11 is 0. The van der Waals surface area contributed by atoms with Gasteiger partial charge in [-0.3, -0.25) is 0 Å². The summed E-state index contributed by atoms with van der Waals surface area (Å²) in [6, 6.07) is 0. The Kier molecular flexibility index (Phi) is 7.27. The first-order valence-corrected chi connectivity index (χ1v) is 8.60. The smallest absolute Gasteiger partial charge is 0.0721 e. The van der Waals surface area contributed by atoms with Gasteiger partial charge in [0.15, 0.2) is 0 Å². The van der Waals surface area contributed by atoms with Crippen LogP contribution in [0.1, 0.15) is 66.2 Å². The van der Waals surface area contributed by atoms with Gasteiger partial charge in [-0.1, -0.05) is 6.42 Å². The topological polar surface area (TPSA) is 95.9 Å². The number of aliphatic hydroxyl groups excluding tert-OH is 2. The van der Waals surface area contributed by atoms with E-state index >= 15 is 0 Å². The van der Waals surface area contributed by atoms with Crippen molar-refractivity contribution in [2.75, 3.05) is 6.61 Å². The number of ether oxygens (including phenoxy) is 1. The molecule has 0 aromatic heterocycles. The molecule has 1 rings (SSSR count). The molecule has 0 radical (unpaired) electrons. The minimum absolute atomic E-state index is 0.0550. The number of nitrogens with two attached hydrogens (primary N) is 1. The fourth-order valence-corrected chi connectivity index (χ4v) is 3.85.